The highest BCUT2D eigenvalue weighted by molar-refractivity contribution is 5.86. The SMILES string of the molecule is CC/C=C(\C=C(/C)F)c1nn2cc(OC)ccc2c1Cc1cccc(C(=O)OF)n1. The first-order valence-electron chi connectivity index (χ1n) is 9.35. The van der Waals surface area contributed by atoms with Crippen molar-refractivity contribution in [2.75, 3.05) is 7.11 Å². The van der Waals surface area contributed by atoms with Crippen molar-refractivity contribution >= 4 is 17.1 Å². The summed E-state index contributed by atoms with van der Waals surface area (Å²) in [5.41, 5.74) is 3.16. The van der Waals surface area contributed by atoms with Gasteiger partial charge in [-0.1, -0.05) is 19.1 Å². The molecule has 3 rings (SSSR count). The summed E-state index contributed by atoms with van der Waals surface area (Å²) in [5, 5.41) is 4.64. The van der Waals surface area contributed by atoms with E-state index < -0.39 is 5.97 Å². The third-order valence-electron chi connectivity index (χ3n) is 4.44. The summed E-state index contributed by atoms with van der Waals surface area (Å²) in [5.74, 6) is -0.891. The largest absolute Gasteiger partial charge is 0.495 e. The van der Waals surface area contributed by atoms with Crippen molar-refractivity contribution in [3.8, 4) is 5.75 Å². The lowest BCUT2D eigenvalue weighted by atomic mass is 10.0. The minimum absolute atomic E-state index is 0.140. The fourth-order valence-electron chi connectivity index (χ4n) is 3.18. The number of carbonyl (C=O) groups excluding carboxylic acids is 1. The Morgan fingerprint density at radius 3 is 2.73 bits per heavy atom. The zero-order valence-electron chi connectivity index (χ0n) is 16.9. The van der Waals surface area contributed by atoms with Crippen molar-refractivity contribution < 1.29 is 23.4 Å². The molecule has 0 saturated carbocycles. The van der Waals surface area contributed by atoms with Crippen LogP contribution < -0.4 is 4.74 Å². The Bertz CT molecular complexity index is 1130. The van der Waals surface area contributed by atoms with Crippen LogP contribution in [0.2, 0.25) is 0 Å². The van der Waals surface area contributed by atoms with E-state index in [9.17, 15) is 13.7 Å². The van der Waals surface area contributed by atoms with Gasteiger partial charge in [-0.2, -0.15) is 5.10 Å². The molecule has 3 heterocycles. The van der Waals surface area contributed by atoms with Crippen molar-refractivity contribution in [1.82, 2.24) is 14.6 Å². The molecule has 3 aromatic rings. The summed E-state index contributed by atoms with van der Waals surface area (Å²) < 4.78 is 32.9. The van der Waals surface area contributed by atoms with Gasteiger partial charge in [0.1, 0.15) is 5.75 Å². The lowest BCUT2D eigenvalue weighted by molar-refractivity contribution is -0.0793. The molecule has 0 aromatic carbocycles. The number of aromatic nitrogens is 3. The molecule has 0 fully saturated rings. The molecule has 0 bridgehead atoms. The van der Waals surface area contributed by atoms with Gasteiger partial charge in [-0.25, -0.2) is 23.6 Å². The Hall–Kier alpha value is -3.55. The fourth-order valence-corrected chi connectivity index (χ4v) is 3.18. The minimum Gasteiger partial charge on any atom is -0.495 e. The van der Waals surface area contributed by atoms with E-state index in [1.165, 1.54) is 19.1 Å². The third-order valence-corrected chi connectivity index (χ3v) is 4.44. The molecule has 8 heteroatoms. The Morgan fingerprint density at radius 1 is 1.27 bits per heavy atom. The molecule has 0 spiro atoms. The number of methoxy groups -OCH3 is 1. The summed E-state index contributed by atoms with van der Waals surface area (Å²) in [6.45, 7) is 3.32. The Balaban J connectivity index is 2.17. The lowest BCUT2D eigenvalue weighted by Crippen LogP contribution is -2.05. The first kappa shape index (κ1) is 21.2. The normalized spacial score (nSPS) is 12.3. The standard InChI is InChI=1S/C22H21F2N3O3/c1-4-6-15(11-14(2)23)21-18(20-10-9-17(29-3)13-27(20)26-21)12-16-7-5-8-19(25-16)22(28)30-24/h5-11,13H,4,12H2,1-3H3/b14-11+,15-6+. The van der Waals surface area contributed by atoms with Gasteiger partial charge in [0, 0.05) is 27.8 Å². The second-order valence-corrected chi connectivity index (χ2v) is 6.58. The second-order valence-electron chi connectivity index (χ2n) is 6.58. The maximum Gasteiger partial charge on any atom is 0.397 e. The highest BCUT2D eigenvalue weighted by Gasteiger charge is 2.18. The number of hydrogen-bond acceptors (Lipinski definition) is 5. The topological polar surface area (TPSA) is 65.7 Å². The number of halogens is 2. The highest BCUT2D eigenvalue weighted by Crippen LogP contribution is 2.28. The van der Waals surface area contributed by atoms with Crippen LogP contribution in [0.1, 0.15) is 47.7 Å². The van der Waals surface area contributed by atoms with Crippen LogP contribution in [0, 0.1) is 0 Å². The van der Waals surface area contributed by atoms with Gasteiger partial charge < -0.3 is 4.74 Å². The van der Waals surface area contributed by atoms with Gasteiger partial charge in [0.25, 0.3) is 0 Å². The van der Waals surface area contributed by atoms with Gasteiger partial charge >= 0.3 is 5.97 Å². The van der Waals surface area contributed by atoms with Crippen LogP contribution in [-0.4, -0.2) is 27.7 Å². The van der Waals surface area contributed by atoms with E-state index >= 15 is 0 Å². The molecule has 0 aliphatic carbocycles. The fraction of sp³-hybridized carbons (Fsp3) is 0.227. The first-order valence-corrected chi connectivity index (χ1v) is 9.35. The molecule has 6 nitrogen and oxygen atoms in total. The molecule has 0 N–H and O–H groups in total. The van der Waals surface area contributed by atoms with Gasteiger partial charge in [-0.05, 0) is 43.7 Å². The molecule has 0 radical (unpaired) electrons. The van der Waals surface area contributed by atoms with Gasteiger partial charge in [-0.15, -0.1) is 0 Å². The number of allylic oxidation sites excluding steroid dienone is 4. The molecule has 0 unspecified atom stereocenters. The number of carbonyl (C=O) groups is 1. The lowest BCUT2D eigenvalue weighted by Gasteiger charge is -2.06. The first-order chi connectivity index (χ1) is 14.5. The van der Waals surface area contributed by atoms with Crippen LogP contribution >= 0.6 is 0 Å². The highest BCUT2D eigenvalue weighted by atomic mass is 19.3. The van der Waals surface area contributed by atoms with Crippen LogP contribution in [0.25, 0.3) is 11.1 Å². The third kappa shape index (κ3) is 4.53. The number of nitrogens with zero attached hydrogens (tertiary/aromatic N) is 3. The Morgan fingerprint density at radius 2 is 2.07 bits per heavy atom. The van der Waals surface area contributed by atoms with Gasteiger partial charge in [0.05, 0.1) is 30.3 Å². The quantitative estimate of drug-likeness (QED) is 0.508. The molecular formula is C22H21F2N3O3. The number of hydrogen-bond donors (Lipinski definition) is 0. The van der Waals surface area contributed by atoms with Crippen molar-refractivity contribution in [2.24, 2.45) is 0 Å². The van der Waals surface area contributed by atoms with E-state index in [-0.39, 0.29) is 11.5 Å². The zero-order valence-corrected chi connectivity index (χ0v) is 16.9. The van der Waals surface area contributed by atoms with E-state index in [1.807, 2.05) is 19.1 Å². The predicted octanol–water partition coefficient (Wildman–Crippen LogP) is 5.04. The Labute approximate surface area is 172 Å². The van der Waals surface area contributed by atoms with E-state index in [0.717, 1.165) is 11.1 Å². The van der Waals surface area contributed by atoms with Gasteiger partial charge in [-0.3, -0.25) is 0 Å². The molecular weight excluding hydrogens is 392 g/mol. The molecule has 0 aliphatic rings. The molecule has 30 heavy (non-hydrogen) atoms. The molecule has 0 aliphatic heterocycles. The van der Waals surface area contributed by atoms with Crippen LogP contribution in [-0.2, 0) is 11.4 Å². The van der Waals surface area contributed by atoms with Crippen molar-refractivity contribution in [2.45, 2.75) is 26.7 Å². The molecule has 0 saturated heterocycles. The maximum atomic E-state index is 13.7. The summed E-state index contributed by atoms with van der Waals surface area (Å²) >= 11 is 0. The minimum atomic E-state index is -1.16. The summed E-state index contributed by atoms with van der Waals surface area (Å²) in [7, 11) is 1.56. The van der Waals surface area contributed by atoms with Gasteiger partial charge in [0.15, 0.2) is 5.69 Å². The maximum absolute atomic E-state index is 13.7. The Kier molecular flexibility index (Phi) is 6.56. The summed E-state index contributed by atoms with van der Waals surface area (Å²) in [4.78, 5) is 18.9. The van der Waals surface area contributed by atoms with Crippen LogP contribution in [0.15, 0.2) is 54.5 Å². The van der Waals surface area contributed by atoms with Crippen molar-refractivity contribution in [3.05, 3.63) is 77.2 Å². The zero-order chi connectivity index (χ0) is 21.7. The molecule has 0 atom stereocenters. The molecule has 0 amide bonds. The van der Waals surface area contributed by atoms with Gasteiger partial charge in [0.2, 0.25) is 0 Å². The number of fused-ring (bicyclic) bond motifs is 1. The predicted molar refractivity (Wildman–Crippen MR) is 108 cm³/mol. The van der Waals surface area contributed by atoms with Crippen LogP contribution in [0.4, 0.5) is 8.92 Å². The average Bonchev–Trinajstić information content (AvgIpc) is 3.10. The number of pyridine rings is 2. The van der Waals surface area contributed by atoms with Crippen LogP contribution in [0.3, 0.4) is 0 Å². The summed E-state index contributed by atoms with van der Waals surface area (Å²) in [6.07, 6.45) is 6.01. The number of rotatable bonds is 7. The monoisotopic (exact) mass is 413 g/mol. The molecule has 156 valence electrons. The summed E-state index contributed by atoms with van der Waals surface area (Å²) in [6, 6.07) is 8.32. The smallest absolute Gasteiger partial charge is 0.397 e. The average molecular weight is 413 g/mol. The number of ether oxygens (including phenoxy) is 1. The molecule has 3 aromatic heterocycles. The second kappa shape index (κ2) is 9.30. The van der Waals surface area contributed by atoms with E-state index in [4.69, 9.17) is 4.74 Å². The van der Waals surface area contributed by atoms with E-state index in [1.54, 1.807) is 36.0 Å². The van der Waals surface area contributed by atoms with E-state index in [2.05, 4.69) is 15.0 Å². The van der Waals surface area contributed by atoms with Crippen molar-refractivity contribution in [3.63, 3.8) is 0 Å². The van der Waals surface area contributed by atoms with E-state index in [0.29, 0.717) is 35.6 Å². The van der Waals surface area contributed by atoms with Crippen molar-refractivity contribution in [1.29, 1.82) is 0 Å². The van der Waals surface area contributed by atoms with Crippen LogP contribution in [0.5, 0.6) is 5.75 Å².